The first kappa shape index (κ1) is 8.32. The van der Waals surface area contributed by atoms with Crippen LogP contribution in [0.1, 0.15) is 10.6 Å². The van der Waals surface area contributed by atoms with Crippen LogP contribution >= 0.6 is 22.7 Å². The zero-order valence-electron chi connectivity index (χ0n) is 7.87. The van der Waals surface area contributed by atoms with Gasteiger partial charge in [-0.1, -0.05) is 0 Å². The van der Waals surface area contributed by atoms with Gasteiger partial charge >= 0.3 is 0 Å². The summed E-state index contributed by atoms with van der Waals surface area (Å²) in [5.41, 5.74) is 5.37. The first-order valence-electron chi connectivity index (χ1n) is 4.35. The zero-order valence-corrected chi connectivity index (χ0v) is 9.50. The lowest BCUT2D eigenvalue weighted by Gasteiger charge is -1.94. The van der Waals surface area contributed by atoms with Crippen molar-refractivity contribution in [2.45, 2.75) is 13.8 Å². The topological polar surface area (TPSA) is 25.8 Å². The Hall–Kier alpha value is -1.00. The molecule has 3 rings (SSSR count). The van der Waals surface area contributed by atoms with Crippen LogP contribution in [-0.4, -0.2) is 9.97 Å². The van der Waals surface area contributed by atoms with E-state index in [9.17, 15) is 0 Å². The Morgan fingerprint density at radius 2 is 2.07 bits per heavy atom. The molecule has 1 aromatic carbocycles. The predicted octanol–water partition coefficient (Wildman–Crippen LogP) is 3.52. The molecule has 2 aromatic heterocycles. The second-order valence-corrected chi connectivity index (χ2v) is 5.36. The lowest BCUT2D eigenvalue weighted by molar-refractivity contribution is 1.32. The van der Waals surface area contributed by atoms with E-state index in [1.54, 1.807) is 22.7 Å². The van der Waals surface area contributed by atoms with Crippen LogP contribution in [0.4, 0.5) is 0 Å². The number of benzene rings is 1. The monoisotopic (exact) mass is 220 g/mol. The highest BCUT2D eigenvalue weighted by Gasteiger charge is 2.09. The van der Waals surface area contributed by atoms with E-state index in [2.05, 4.69) is 29.9 Å². The lowest BCUT2D eigenvalue weighted by atomic mass is 10.2. The first-order chi connectivity index (χ1) is 6.75. The van der Waals surface area contributed by atoms with Gasteiger partial charge in [-0.3, -0.25) is 0 Å². The summed E-state index contributed by atoms with van der Waals surface area (Å²) in [5, 5.41) is 1.13. The number of thiazole rings is 2. The summed E-state index contributed by atoms with van der Waals surface area (Å²) in [6.07, 6.45) is 0. The summed E-state index contributed by atoms with van der Waals surface area (Å²) >= 11 is 3.46. The van der Waals surface area contributed by atoms with Gasteiger partial charge in [0.25, 0.3) is 0 Å². The summed E-state index contributed by atoms with van der Waals surface area (Å²) in [6.45, 7) is 4.15. The maximum atomic E-state index is 4.54. The van der Waals surface area contributed by atoms with Crippen LogP contribution in [0, 0.1) is 13.8 Å². The van der Waals surface area contributed by atoms with Gasteiger partial charge in [0.1, 0.15) is 0 Å². The largest absolute Gasteiger partial charge is 0.245 e. The van der Waals surface area contributed by atoms with Crippen molar-refractivity contribution in [1.82, 2.24) is 9.97 Å². The number of aryl methyl sites for hydroxylation is 2. The van der Waals surface area contributed by atoms with Gasteiger partial charge in [0.15, 0.2) is 0 Å². The normalized spacial score (nSPS) is 11.6. The van der Waals surface area contributed by atoms with Crippen molar-refractivity contribution >= 4 is 43.1 Å². The van der Waals surface area contributed by atoms with E-state index in [1.165, 1.54) is 15.0 Å². The molecule has 3 aromatic rings. The van der Waals surface area contributed by atoms with E-state index < -0.39 is 0 Å². The SMILES string of the molecule is Cc1nc2c(C)cc3ncsc3c2s1. The van der Waals surface area contributed by atoms with Gasteiger partial charge in [-0.05, 0) is 25.5 Å². The molecule has 0 N–H and O–H groups in total. The molecule has 0 aliphatic carbocycles. The minimum Gasteiger partial charge on any atom is -0.245 e. The average molecular weight is 220 g/mol. The second-order valence-electron chi connectivity index (χ2n) is 3.30. The molecular weight excluding hydrogens is 212 g/mol. The third kappa shape index (κ3) is 1.01. The number of hydrogen-bond donors (Lipinski definition) is 0. The van der Waals surface area contributed by atoms with Crippen LogP contribution in [-0.2, 0) is 0 Å². The van der Waals surface area contributed by atoms with Crippen molar-refractivity contribution in [2.75, 3.05) is 0 Å². The molecular formula is C10H8N2S2. The number of fused-ring (bicyclic) bond motifs is 3. The highest BCUT2D eigenvalue weighted by atomic mass is 32.1. The Labute approximate surface area is 89.2 Å². The molecule has 0 radical (unpaired) electrons. The molecule has 4 heteroatoms. The molecule has 0 saturated heterocycles. The maximum absolute atomic E-state index is 4.54. The highest BCUT2D eigenvalue weighted by Crippen LogP contribution is 2.34. The van der Waals surface area contributed by atoms with E-state index in [0.29, 0.717) is 0 Å². The molecule has 0 aliphatic heterocycles. The number of aromatic nitrogens is 2. The van der Waals surface area contributed by atoms with Crippen molar-refractivity contribution in [3.05, 3.63) is 22.1 Å². The third-order valence-corrected chi connectivity index (χ3v) is 4.24. The van der Waals surface area contributed by atoms with E-state index in [0.717, 1.165) is 16.0 Å². The van der Waals surface area contributed by atoms with Crippen molar-refractivity contribution in [2.24, 2.45) is 0 Å². The molecule has 70 valence electrons. The van der Waals surface area contributed by atoms with Gasteiger partial charge in [0.2, 0.25) is 0 Å². The highest BCUT2D eigenvalue weighted by molar-refractivity contribution is 7.26. The van der Waals surface area contributed by atoms with Gasteiger partial charge in [-0.25, -0.2) is 9.97 Å². The maximum Gasteiger partial charge on any atom is 0.0908 e. The number of nitrogens with zero attached hydrogens (tertiary/aromatic N) is 2. The molecule has 0 unspecified atom stereocenters. The van der Waals surface area contributed by atoms with Crippen LogP contribution < -0.4 is 0 Å². The quantitative estimate of drug-likeness (QED) is 0.579. The Morgan fingerprint density at radius 3 is 2.93 bits per heavy atom. The lowest BCUT2D eigenvalue weighted by Crippen LogP contribution is -1.77. The molecule has 0 spiro atoms. The second kappa shape index (κ2) is 2.74. The van der Waals surface area contributed by atoms with Gasteiger partial charge in [0.05, 0.1) is 31.0 Å². The van der Waals surface area contributed by atoms with Crippen LogP contribution in [0.25, 0.3) is 20.4 Å². The molecule has 0 aliphatic rings. The molecule has 2 heterocycles. The summed E-state index contributed by atoms with van der Waals surface area (Å²) in [7, 11) is 0. The first-order valence-corrected chi connectivity index (χ1v) is 6.05. The van der Waals surface area contributed by atoms with Gasteiger partial charge in [0, 0.05) is 0 Å². The van der Waals surface area contributed by atoms with E-state index >= 15 is 0 Å². The summed E-state index contributed by atoms with van der Waals surface area (Å²) in [6, 6.07) is 2.12. The Bertz CT molecular complexity index is 621. The van der Waals surface area contributed by atoms with E-state index in [4.69, 9.17) is 0 Å². The van der Waals surface area contributed by atoms with E-state index in [-0.39, 0.29) is 0 Å². The molecule has 0 atom stereocenters. The minimum absolute atomic E-state index is 1.10. The van der Waals surface area contributed by atoms with Crippen LogP contribution in [0.5, 0.6) is 0 Å². The van der Waals surface area contributed by atoms with Crippen molar-refractivity contribution < 1.29 is 0 Å². The van der Waals surface area contributed by atoms with Gasteiger partial charge in [-0.15, -0.1) is 22.7 Å². The summed E-state index contributed by atoms with van der Waals surface area (Å²) in [5.74, 6) is 0. The number of hydrogen-bond acceptors (Lipinski definition) is 4. The average Bonchev–Trinajstić information content (AvgIpc) is 2.69. The Balaban J connectivity index is 2.65. The fourth-order valence-corrected chi connectivity index (χ4v) is 3.56. The molecule has 0 saturated carbocycles. The van der Waals surface area contributed by atoms with Crippen molar-refractivity contribution in [1.29, 1.82) is 0 Å². The van der Waals surface area contributed by atoms with Gasteiger partial charge in [-0.2, -0.15) is 0 Å². The molecule has 0 amide bonds. The Morgan fingerprint density at radius 1 is 1.21 bits per heavy atom. The molecule has 2 nitrogen and oxygen atoms in total. The van der Waals surface area contributed by atoms with Crippen molar-refractivity contribution in [3.8, 4) is 0 Å². The number of rotatable bonds is 0. The Kier molecular flexibility index (Phi) is 1.63. The standard InChI is InChI=1S/C10H8N2S2/c1-5-3-7-9(13-4-11-7)10-8(5)12-6(2)14-10/h3-4H,1-2H3. The van der Waals surface area contributed by atoms with E-state index in [1.807, 2.05) is 5.51 Å². The molecule has 14 heavy (non-hydrogen) atoms. The van der Waals surface area contributed by atoms with Crippen LogP contribution in [0.2, 0.25) is 0 Å². The fraction of sp³-hybridized carbons (Fsp3) is 0.200. The fourth-order valence-electron chi connectivity index (χ4n) is 1.65. The van der Waals surface area contributed by atoms with Crippen LogP contribution in [0.3, 0.4) is 0 Å². The molecule has 0 fully saturated rings. The predicted molar refractivity (Wildman–Crippen MR) is 62.3 cm³/mol. The third-order valence-electron chi connectivity index (χ3n) is 2.26. The van der Waals surface area contributed by atoms with Gasteiger partial charge < -0.3 is 0 Å². The summed E-state index contributed by atoms with van der Waals surface area (Å²) in [4.78, 5) is 8.88. The molecule has 0 bridgehead atoms. The zero-order chi connectivity index (χ0) is 9.71. The minimum atomic E-state index is 1.10. The smallest absolute Gasteiger partial charge is 0.0908 e. The van der Waals surface area contributed by atoms with Crippen LogP contribution in [0.15, 0.2) is 11.6 Å². The van der Waals surface area contributed by atoms with Crippen molar-refractivity contribution in [3.63, 3.8) is 0 Å². The summed E-state index contributed by atoms with van der Waals surface area (Å²) < 4.78 is 2.57.